The zero-order valence-electron chi connectivity index (χ0n) is 16.7. The largest absolute Gasteiger partial charge is 0.493 e. The Bertz CT molecular complexity index is 795. The molecule has 0 aliphatic carbocycles. The van der Waals surface area contributed by atoms with E-state index in [-0.39, 0.29) is 6.04 Å². The van der Waals surface area contributed by atoms with Crippen molar-refractivity contribution in [1.82, 2.24) is 9.88 Å². The van der Waals surface area contributed by atoms with Crippen LogP contribution < -0.4 is 9.64 Å². The van der Waals surface area contributed by atoms with E-state index in [9.17, 15) is 5.11 Å². The Kier molecular flexibility index (Phi) is 5.53. The number of methoxy groups -OCH3 is 1. The number of pyridine rings is 1. The Morgan fingerprint density at radius 1 is 1.11 bits per heavy atom. The number of aliphatic hydroxyl groups is 1. The molecule has 0 spiro atoms. The summed E-state index contributed by atoms with van der Waals surface area (Å²) in [5.74, 6) is 1.63. The van der Waals surface area contributed by atoms with Crippen molar-refractivity contribution in [2.45, 2.75) is 25.0 Å². The zero-order chi connectivity index (χ0) is 19.6. The van der Waals surface area contributed by atoms with Crippen molar-refractivity contribution in [1.29, 1.82) is 0 Å². The van der Waals surface area contributed by atoms with Gasteiger partial charge in [0.1, 0.15) is 5.60 Å². The Morgan fingerprint density at radius 3 is 2.57 bits per heavy atom. The third-order valence-electron chi connectivity index (χ3n) is 5.97. The van der Waals surface area contributed by atoms with Crippen molar-refractivity contribution in [3.63, 3.8) is 0 Å². The summed E-state index contributed by atoms with van der Waals surface area (Å²) in [6.07, 6.45) is 0.637. The minimum Gasteiger partial charge on any atom is -0.493 e. The molecule has 3 heterocycles. The molecule has 4 rings (SSSR count). The van der Waals surface area contributed by atoms with Crippen LogP contribution in [-0.4, -0.2) is 67.5 Å². The van der Waals surface area contributed by atoms with Crippen LogP contribution in [0.5, 0.6) is 5.75 Å². The highest BCUT2D eigenvalue weighted by molar-refractivity contribution is 5.54. The van der Waals surface area contributed by atoms with Crippen LogP contribution in [0.25, 0.3) is 0 Å². The number of piperidine rings is 1. The Morgan fingerprint density at radius 2 is 1.86 bits per heavy atom. The van der Waals surface area contributed by atoms with Crippen molar-refractivity contribution in [2.24, 2.45) is 0 Å². The lowest BCUT2D eigenvalue weighted by atomic mass is 9.79. The number of benzene rings is 1. The first-order chi connectivity index (χ1) is 13.6. The van der Waals surface area contributed by atoms with Crippen molar-refractivity contribution < 1.29 is 14.6 Å². The number of hydrogen-bond acceptors (Lipinski definition) is 6. The van der Waals surface area contributed by atoms with Crippen LogP contribution in [-0.2, 0) is 10.3 Å². The van der Waals surface area contributed by atoms with Gasteiger partial charge >= 0.3 is 0 Å². The fraction of sp³-hybridized carbons (Fsp3) is 0.500. The van der Waals surface area contributed by atoms with Gasteiger partial charge in [-0.15, -0.1) is 0 Å². The molecular weight excluding hydrogens is 354 g/mol. The highest BCUT2D eigenvalue weighted by Gasteiger charge is 2.46. The first-order valence-electron chi connectivity index (χ1n) is 9.98. The van der Waals surface area contributed by atoms with Gasteiger partial charge in [0.15, 0.2) is 11.6 Å². The average molecular weight is 383 g/mol. The molecule has 2 aromatic rings. The maximum atomic E-state index is 11.8. The van der Waals surface area contributed by atoms with Crippen LogP contribution in [0.3, 0.4) is 0 Å². The van der Waals surface area contributed by atoms with Gasteiger partial charge in [-0.25, -0.2) is 4.98 Å². The second-order valence-electron chi connectivity index (χ2n) is 7.63. The standard InChI is InChI=1S/C22H29N3O3/c1-17-8-9-19(27-2)21(23-17)25-11-10-22(26,18-6-4-3-5-7-18)20(16-25)24-12-14-28-15-13-24/h3-9,20,26H,10-16H2,1-2H3/t20-,22+/m1/s1. The summed E-state index contributed by atoms with van der Waals surface area (Å²) in [7, 11) is 1.68. The predicted octanol–water partition coefficient (Wildman–Crippen LogP) is 2.20. The van der Waals surface area contributed by atoms with E-state index in [0.717, 1.165) is 42.5 Å². The lowest BCUT2D eigenvalue weighted by molar-refractivity contribution is -0.0911. The Balaban J connectivity index is 1.68. The number of hydrogen-bond donors (Lipinski definition) is 1. The molecule has 0 saturated carbocycles. The number of morpholine rings is 1. The Hall–Kier alpha value is -2.15. The number of rotatable bonds is 4. The molecule has 2 aliphatic rings. The number of aromatic nitrogens is 1. The van der Waals surface area contributed by atoms with Gasteiger partial charge in [0.05, 0.1) is 26.4 Å². The van der Waals surface area contributed by atoms with Gasteiger partial charge in [-0.2, -0.15) is 0 Å². The van der Waals surface area contributed by atoms with Crippen molar-refractivity contribution in [3.8, 4) is 5.75 Å². The van der Waals surface area contributed by atoms with Gasteiger partial charge in [0.2, 0.25) is 0 Å². The van der Waals surface area contributed by atoms with E-state index in [4.69, 9.17) is 14.5 Å². The molecule has 2 fully saturated rings. The molecule has 6 nitrogen and oxygen atoms in total. The predicted molar refractivity (Wildman–Crippen MR) is 109 cm³/mol. The summed E-state index contributed by atoms with van der Waals surface area (Å²) in [4.78, 5) is 9.36. The highest BCUT2D eigenvalue weighted by atomic mass is 16.5. The fourth-order valence-electron chi connectivity index (χ4n) is 4.40. The van der Waals surface area contributed by atoms with E-state index in [2.05, 4.69) is 9.80 Å². The van der Waals surface area contributed by atoms with Crippen molar-refractivity contribution in [2.75, 3.05) is 51.4 Å². The quantitative estimate of drug-likeness (QED) is 0.874. The van der Waals surface area contributed by atoms with Gasteiger partial charge < -0.3 is 19.5 Å². The van der Waals surface area contributed by atoms with Crippen LogP contribution in [0.4, 0.5) is 5.82 Å². The monoisotopic (exact) mass is 383 g/mol. The van der Waals surface area contributed by atoms with Gasteiger partial charge in [0, 0.05) is 31.9 Å². The second-order valence-corrected chi connectivity index (χ2v) is 7.63. The van der Waals surface area contributed by atoms with E-state index in [0.29, 0.717) is 26.2 Å². The number of ether oxygens (including phenoxy) is 2. The van der Waals surface area contributed by atoms with Gasteiger partial charge in [-0.3, -0.25) is 4.90 Å². The molecule has 2 saturated heterocycles. The number of aryl methyl sites for hydroxylation is 1. The van der Waals surface area contributed by atoms with Gasteiger partial charge in [0.25, 0.3) is 0 Å². The first-order valence-corrected chi connectivity index (χ1v) is 9.98. The Labute approximate surface area is 166 Å². The lowest BCUT2D eigenvalue weighted by Crippen LogP contribution is -2.62. The average Bonchev–Trinajstić information content (AvgIpc) is 2.75. The molecule has 2 aliphatic heterocycles. The molecule has 6 heteroatoms. The van der Waals surface area contributed by atoms with E-state index in [1.54, 1.807) is 7.11 Å². The third-order valence-corrected chi connectivity index (χ3v) is 5.97. The zero-order valence-corrected chi connectivity index (χ0v) is 16.7. The van der Waals surface area contributed by atoms with E-state index in [1.165, 1.54) is 0 Å². The van der Waals surface area contributed by atoms with E-state index < -0.39 is 5.60 Å². The molecule has 1 aromatic heterocycles. The maximum Gasteiger partial charge on any atom is 0.171 e. The second kappa shape index (κ2) is 8.07. The molecule has 2 atom stereocenters. The smallest absolute Gasteiger partial charge is 0.171 e. The molecule has 28 heavy (non-hydrogen) atoms. The summed E-state index contributed by atoms with van der Waals surface area (Å²) in [6.45, 7) is 6.46. The molecule has 0 amide bonds. The molecule has 0 unspecified atom stereocenters. The normalized spacial score (nSPS) is 26.2. The van der Waals surface area contributed by atoms with Crippen LogP contribution >= 0.6 is 0 Å². The third kappa shape index (κ3) is 3.60. The minimum absolute atomic E-state index is 0.0421. The summed E-state index contributed by atoms with van der Waals surface area (Å²) in [6, 6.07) is 14.0. The lowest BCUT2D eigenvalue weighted by Gasteiger charge is -2.50. The highest BCUT2D eigenvalue weighted by Crippen LogP contribution is 2.39. The summed E-state index contributed by atoms with van der Waals surface area (Å²) in [5, 5.41) is 11.8. The van der Waals surface area contributed by atoms with E-state index >= 15 is 0 Å². The molecule has 1 aromatic carbocycles. The fourth-order valence-corrected chi connectivity index (χ4v) is 4.40. The molecule has 150 valence electrons. The summed E-state index contributed by atoms with van der Waals surface area (Å²) < 4.78 is 11.1. The molecule has 0 radical (unpaired) electrons. The maximum absolute atomic E-state index is 11.8. The van der Waals surface area contributed by atoms with Crippen molar-refractivity contribution in [3.05, 3.63) is 53.7 Å². The van der Waals surface area contributed by atoms with Gasteiger partial charge in [-0.1, -0.05) is 30.3 Å². The van der Waals surface area contributed by atoms with Crippen molar-refractivity contribution >= 4 is 5.82 Å². The van der Waals surface area contributed by atoms with Crippen LogP contribution in [0.1, 0.15) is 17.7 Å². The molecular formula is C22H29N3O3. The number of nitrogens with zero attached hydrogens (tertiary/aromatic N) is 3. The van der Waals surface area contributed by atoms with Crippen LogP contribution in [0, 0.1) is 6.92 Å². The van der Waals surface area contributed by atoms with Gasteiger partial charge in [-0.05, 0) is 31.0 Å². The molecule has 0 bridgehead atoms. The topological polar surface area (TPSA) is 58.1 Å². The van der Waals surface area contributed by atoms with Crippen LogP contribution in [0.15, 0.2) is 42.5 Å². The SMILES string of the molecule is COc1ccc(C)nc1N1CC[C@](O)(c2ccccc2)[C@H](N2CCOCC2)C1. The minimum atomic E-state index is -0.897. The summed E-state index contributed by atoms with van der Waals surface area (Å²) in [5.41, 5.74) is 1.05. The van der Waals surface area contributed by atoms with E-state index in [1.807, 2.05) is 49.4 Å². The summed E-state index contributed by atoms with van der Waals surface area (Å²) >= 11 is 0. The molecule has 1 N–H and O–H groups in total. The number of anilines is 1. The van der Waals surface area contributed by atoms with Crippen LogP contribution in [0.2, 0.25) is 0 Å². The first kappa shape index (κ1) is 19.2.